The van der Waals surface area contributed by atoms with Crippen LogP contribution in [0.2, 0.25) is 0 Å². The minimum atomic E-state index is 0.972. The lowest BCUT2D eigenvalue weighted by Crippen LogP contribution is -2.02. The highest BCUT2D eigenvalue weighted by Crippen LogP contribution is 2.12. The van der Waals surface area contributed by atoms with Crippen molar-refractivity contribution in [3.63, 3.8) is 0 Å². The molecule has 2 aromatic rings. The van der Waals surface area contributed by atoms with Gasteiger partial charge in [0.15, 0.2) is 0 Å². The second-order valence-electron chi connectivity index (χ2n) is 5.00. The minimum Gasteiger partial charge on any atom is -0.385 e. The molecule has 0 amide bonds. The van der Waals surface area contributed by atoms with Crippen LogP contribution in [-0.2, 0) is 0 Å². The molecule has 5 nitrogen and oxygen atoms in total. The third-order valence-electron chi connectivity index (χ3n) is 3.34. The van der Waals surface area contributed by atoms with Gasteiger partial charge in [0, 0.05) is 12.2 Å². The van der Waals surface area contributed by atoms with Gasteiger partial charge in [0.05, 0.1) is 5.69 Å². The van der Waals surface area contributed by atoms with Gasteiger partial charge in [-0.25, -0.2) is 4.68 Å². The number of anilines is 1. The fourth-order valence-electron chi connectivity index (χ4n) is 2.15. The molecule has 2 rings (SSSR count). The molecule has 0 spiro atoms. The van der Waals surface area contributed by atoms with Crippen LogP contribution in [0.1, 0.15) is 45.4 Å². The maximum atomic E-state index is 3.86. The van der Waals surface area contributed by atoms with E-state index in [2.05, 4.69) is 39.9 Å². The van der Waals surface area contributed by atoms with Gasteiger partial charge in [-0.2, -0.15) is 0 Å². The summed E-state index contributed by atoms with van der Waals surface area (Å²) in [7, 11) is 0. The van der Waals surface area contributed by atoms with E-state index in [1.165, 1.54) is 38.5 Å². The van der Waals surface area contributed by atoms with E-state index in [1.807, 2.05) is 12.1 Å². The average Bonchev–Trinajstić information content (AvgIpc) is 3.01. The van der Waals surface area contributed by atoms with E-state index in [1.54, 1.807) is 11.0 Å². The molecule has 0 aliphatic heterocycles. The van der Waals surface area contributed by atoms with Crippen LogP contribution in [0.25, 0.3) is 5.69 Å². The van der Waals surface area contributed by atoms with Gasteiger partial charge in [0.2, 0.25) is 0 Å². The summed E-state index contributed by atoms with van der Waals surface area (Å²) in [5.41, 5.74) is 2.12. The smallest absolute Gasteiger partial charge is 0.143 e. The number of nitrogens with one attached hydrogen (secondary N) is 1. The third kappa shape index (κ3) is 4.64. The first kappa shape index (κ1) is 14.5. The molecule has 1 N–H and O–H groups in total. The summed E-state index contributed by atoms with van der Waals surface area (Å²) < 4.78 is 1.65. The summed E-state index contributed by atoms with van der Waals surface area (Å²) in [4.78, 5) is 0. The number of unbranched alkanes of at least 4 members (excludes halogenated alkanes) is 5. The van der Waals surface area contributed by atoms with Crippen LogP contribution in [0.5, 0.6) is 0 Å². The van der Waals surface area contributed by atoms with Gasteiger partial charge in [-0.1, -0.05) is 39.0 Å². The number of rotatable bonds is 9. The van der Waals surface area contributed by atoms with Crippen molar-refractivity contribution >= 4 is 5.69 Å². The third-order valence-corrected chi connectivity index (χ3v) is 3.34. The maximum absolute atomic E-state index is 3.86. The lowest BCUT2D eigenvalue weighted by Gasteiger charge is -2.07. The molecule has 1 aromatic carbocycles. The molecular formula is C15H23N5. The molecule has 5 heteroatoms. The molecule has 0 aliphatic carbocycles. The first-order valence-electron chi connectivity index (χ1n) is 7.47. The SMILES string of the molecule is CCCCCCCCNc1ccc(-n2cnnn2)cc1. The molecule has 0 saturated heterocycles. The Morgan fingerprint density at radius 2 is 1.75 bits per heavy atom. The Balaban J connectivity index is 1.67. The lowest BCUT2D eigenvalue weighted by molar-refractivity contribution is 0.617. The first-order chi connectivity index (χ1) is 9.90. The van der Waals surface area contributed by atoms with E-state index in [4.69, 9.17) is 0 Å². The van der Waals surface area contributed by atoms with Crippen molar-refractivity contribution < 1.29 is 0 Å². The van der Waals surface area contributed by atoms with E-state index in [9.17, 15) is 0 Å². The van der Waals surface area contributed by atoms with E-state index in [0.717, 1.165) is 17.9 Å². The van der Waals surface area contributed by atoms with Gasteiger partial charge in [0.1, 0.15) is 6.33 Å². The second-order valence-corrected chi connectivity index (χ2v) is 5.00. The predicted octanol–water partition coefficient (Wildman–Crippen LogP) is 3.43. The van der Waals surface area contributed by atoms with Gasteiger partial charge in [-0.05, 0) is 41.1 Å². The van der Waals surface area contributed by atoms with Crippen LogP contribution in [-0.4, -0.2) is 26.8 Å². The van der Waals surface area contributed by atoms with Gasteiger partial charge in [0.25, 0.3) is 0 Å². The van der Waals surface area contributed by atoms with Gasteiger partial charge in [-0.3, -0.25) is 0 Å². The predicted molar refractivity (Wildman–Crippen MR) is 81.0 cm³/mol. The lowest BCUT2D eigenvalue weighted by atomic mass is 10.1. The zero-order valence-corrected chi connectivity index (χ0v) is 12.1. The largest absolute Gasteiger partial charge is 0.385 e. The van der Waals surface area contributed by atoms with E-state index < -0.39 is 0 Å². The maximum Gasteiger partial charge on any atom is 0.143 e. The number of hydrogen-bond donors (Lipinski definition) is 1. The average molecular weight is 273 g/mol. The Labute approximate surface area is 120 Å². The minimum absolute atomic E-state index is 0.972. The zero-order chi connectivity index (χ0) is 14.0. The number of hydrogen-bond acceptors (Lipinski definition) is 4. The van der Waals surface area contributed by atoms with E-state index >= 15 is 0 Å². The number of benzene rings is 1. The Morgan fingerprint density at radius 1 is 1.00 bits per heavy atom. The molecule has 0 atom stereocenters. The fraction of sp³-hybridized carbons (Fsp3) is 0.533. The highest BCUT2D eigenvalue weighted by molar-refractivity contribution is 5.48. The van der Waals surface area contributed by atoms with Crippen molar-refractivity contribution in [3.8, 4) is 5.69 Å². The molecule has 0 saturated carbocycles. The standard InChI is InChI=1S/C15H23N5/c1-2-3-4-5-6-7-12-16-14-8-10-15(11-9-14)20-13-17-18-19-20/h8-11,13,16H,2-7,12H2,1H3. The summed E-state index contributed by atoms with van der Waals surface area (Å²) in [5.74, 6) is 0. The quantitative estimate of drug-likeness (QED) is 0.711. The Bertz CT molecular complexity index is 464. The number of aromatic nitrogens is 4. The van der Waals surface area contributed by atoms with E-state index in [0.29, 0.717) is 0 Å². The fourth-order valence-corrected chi connectivity index (χ4v) is 2.15. The van der Waals surface area contributed by atoms with E-state index in [-0.39, 0.29) is 0 Å². The topological polar surface area (TPSA) is 55.6 Å². The summed E-state index contributed by atoms with van der Waals surface area (Å²) >= 11 is 0. The molecule has 0 radical (unpaired) electrons. The number of tetrazole rings is 1. The Morgan fingerprint density at radius 3 is 2.45 bits per heavy atom. The molecule has 20 heavy (non-hydrogen) atoms. The van der Waals surface area contributed by atoms with Gasteiger partial charge in [-0.15, -0.1) is 5.10 Å². The molecule has 0 bridgehead atoms. The Hall–Kier alpha value is -1.91. The highest BCUT2D eigenvalue weighted by atomic mass is 15.5. The van der Waals surface area contributed by atoms with Crippen molar-refractivity contribution in [3.05, 3.63) is 30.6 Å². The monoisotopic (exact) mass is 273 g/mol. The van der Waals surface area contributed by atoms with Crippen LogP contribution in [0.15, 0.2) is 30.6 Å². The van der Waals surface area contributed by atoms with Crippen molar-refractivity contribution in [2.24, 2.45) is 0 Å². The van der Waals surface area contributed by atoms with Crippen LogP contribution in [0.3, 0.4) is 0 Å². The molecule has 108 valence electrons. The zero-order valence-electron chi connectivity index (χ0n) is 12.1. The first-order valence-corrected chi connectivity index (χ1v) is 7.47. The Kier molecular flexibility index (Phi) is 6.02. The molecule has 0 unspecified atom stereocenters. The van der Waals surface area contributed by atoms with Crippen LogP contribution < -0.4 is 5.32 Å². The summed E-state index contributed by atoms with van der Waals surface area (Å²) in [6.45, 7) is 3.29. The van der Waals surface area contributed by atoms with Crippen molar-refractivity contribution in [2.45, 2.75) is 45.4 Å². The van der Waals surface area contributed by atoms with Crippen LogP contribution in [0.4, 0.5) is 5.69 Å². The van der Waals surface area contributed by atoms with Crippen molar-refractivity contribution in [2.75, 3.05) is 11.9 Å². The second kappa shape index (κ2) is 8.30. The summed E-state index contributed by atoms with van der Waals surface area (Å²) in [6.07, 6.45) is 9.55. The molecule has 0 aliphatic rings. The summed E-state index contributed by atoms with van der Waals surface area (Å²) in [5, 5.41) is 14.6. The molecule has 1 aromatic heterocycles. The van der Waals surface area contributed by atoms with Gasteiger partial charge >= 0.3 is 0 Å². The number of nitrogens with zero attached hydrogens (tertiary/aromatic N) is 4. The van der Waals surface area contributed by atoms with Gasteiger partial charge < -0.3 is 5.32 Å². The normalized spacial score (nSPS) is 10.7. The molecule has 1 heterocycles. The van der Waals surface area contributed by atoms with Crippen LogP contribution in [0, 0.1) is 0 Å². The highest BCUT2D eigenvalue weighted by Gasteiger charge is 1.98. The van der Waals surface area contributed by atoms with Crippen molar-refractivity contribution in [1.29, 1.82) is 0 Å². The summed E-state index contributed by atoms with van der Waals surface area (Å²) in [6, 6.07) is 8.15. The van der Waals surface area contributed by atoms with Crippen molar-refractivity contribution in [1.82, 2.24) is 20.2 Å². The molecule has 0 fully saturated rings. The molecular weight excluding hydrogens is 250 g/mol. The van der Waals surface area contributed by atoms with Crippen LogP contribution >= 0.6 is 0 Å².